The summed E-state index contributed by atoms with van der Waals surface area (Å²) in [6.45, 7) is 7.38. The number of carbonyl (C=O) groups excluding carboxylic acids is 1. The van der Waals surface area contributed by atoms with Gasteiger partial charge in [0.15, 0.2) is 0 Å². The van der Waals surface area contributed by atoms with E-state index < -0.39 is 0 Å². The zero-order chi connectivity index (χ0) is 12.8. The minimum absolute atomic E-state index is 0.127. The van der Waals surface area contributed by atoms with E-state index in [1.54, 1.807) is 24.3 Å². The lowest BCUT2D eigenvalue weighted by atomic mass is 10.2. The van der Waals surface area contributed by atoms with E-state index in [0.717, 1.165) is 0 Å². The summed E-state index contributed by atoms with van der Waals surface area (Å²) in [6.07, 6.45) is -0.127. The lowest BCUT2D eigenvalue weighted by Gasteiger charge is -2.08. The fourth-order valence-electron chi connectivity index (χ4n) is 1.13. The summed E-state index contributed by atoms with van der Waals surface area (Å²) in [5.41, 5.74) is 0.496. The fourth-order valence-corrected chi connectivity index (χ4v) is 1.19. The van der Waals surface area contributed by atoms with Gasteiger partial charge >= 0.3 is 5.97 Å². The number of benzene rings is 1. The van der Waals surface area contributed by atoms with E-state index in [1.165, 1.54) is 0 Å². The Hall–Kier alpha value is -1.48. The van der Waals surface area contributed by atoms with E-state index >= 15 is 0 Å². The molecule has 0 aliphatic heterocycles. The van der Waals surface area contributed by atoms with E-state index in [2.05, 4.69) is 6.58 Å². The van der Waals surface area contributed by atoms with Crippen LogP contribution in [0, 0.1) is 0 Å². The number of hydrogen-bond acceptors (Lipinski definition) is 3. The van der Waals surface area contributed by atoms with E-state index in [4.69, 9.17) is 21.1 Å². The van der Waals surface area contributed by atoms with Crippen molar-refractivity contribution in [3.63, 3.8) is 0 Å². The topological polar surface area (TPSA) is 35.5 Å². The van der Waals surface area contributed by atoms with Crippen molar-refractivity contribution in [2.24, 2.45) is 0 Å². The molecule has 0 amide bonds. The summed E-state index contributed by atoms with van der Waals surface area (Å²) < 4.78 is 10.4. The molecule has 0 fully saturated rings. The van der Waals surface area contributed by atoms with Gasteiger partial charge in [0, 0.05) is 5.03 Å². The Labute approximate surface area is 106 Å². The van der Waals surface area contributed by atoms with Crippen LogP contribution >= 0.6 is 11.6 Å². The van der Waals surface area contributed by atoms with Gasteiger partial charge in [0.2, 0.25) is 0 Å². The molecular formula is C13H15ClO3. The quantitative estimate of drug-likeness (QED) is 0.756. The molecule has 0 heterocycles. The maximum atomic E-state index is 11.5. The monoisotopic (exact) mass is 254 g/mol. The molecule has 0 aliphatic carbocycles. The third-order valence-corrected chi connectivity index (χ3v) is 1.94. The smallest absolute Gasteiger partial charge is 0.338 e. The van der Waals surface area contributed by atoms with Gasteiger partial charge < -0.3 is 9.47 Å². The Morgan fingerprint density at radius 3 is 2.41 bits per heavy atom. The van der Waals surface area contributed by atoms with Crippen molar-refractivity contribution in [2.45, 2.75) is 20.0 Å². The third kappa shape index (κ3) is 4.91. The van der Waals surface area contributed by atoms with Crippen LogP contribution < -0.4 is 4.74 Å². The predicted octanol–water partition coefficient (Wildman–Crippen LogP) is 3.38. The molecule has 3 nitrogen and oxygen atoms in total. The molecule has 0 aliphatic rings. The van der Waals surface area contributed by atoms with E-state index in [0.29, 0.717) is 16.3 Å². The third-order valence-electron chi connectivity index (χ3n) is 1.83. The Bertz CT molecular complexity index is 396. The van der Waals surface area contributed by atoms with Crippen LogP contribution in [0.3, 0.4) is 0 Å². The first-order valence-electron chi connectivity index (χ1n) is 5.26. The Balaban J connectivity index is 2.61. The molecule has 0 N–H and O–H groups in total. The van der Waals surface area contributed by atoms with E-state index in [1.807, 2.05) is 13.8 Å². The fraction of sp³-hybridized carbons (Fsp3) is 0.308. The van der Waals surface area contributed by atoms with Gasteiger partial charge in [-0.2, -0.15) is 0 Å². The van der Waals surface area contributed by atoms with Gasteiger partial charge in [0.05, 0.1) is 11.7 Å². The number of rotatable bonds is 5. The van der Waals surface area contributed by atoms with Crippen molar-refractivity contribution in [3.8, 4) is 5.75 Å². The number of halogens is 1. The summed E-state index contributed by atoms with van der Waals surface area (Å²) in [5, 5.41) is 0.424. The highest BCUT2D eigenvalue weighted by molar-refractivity contribution is 6.29. The van der Waals surface area contributed by atoms with Crippen molar-refractivity contribution in [1.29, 1.82) is 0 Å². The first-order valence-corrected chi connectivity index (χ1v) is 5.64. The molecule has 0 saturated carbocycles. The van der Waals surface area contributed by atoms with E-state index in [-0.39, 0.29) is 18.7 Å². The molecule has 1 rings (SSSR count). The van der Waals surface area contributed by atoms with Gasteiger partial charge in [-0.05, 0) is 38.1 Å². The van der Waals surface area contributed by atoms with Gasteiger partial charge in [-0.1, -0.05) is 18.2 Å². The highest BCUT2D eigenvalue weighted by Crippen LogP contribution is 2.14. The van der Waals surface area contributed by atoms with Crippen LogP contribution in [-0.2, 0) is 4.74 Å². The van der Waals surface area contributed by atoms with Crippen molar-refractivity contribution in [3.05, 3.63) is 41.4 Å². The molecule has 0 saturated heterocycles. The van der Waals surface area contributed by atoms with Crippen molar-refractivity contribution in [1.82, 2.24) is 0 Å². The summed E-state index contributed by atoms with van der Waals surface area (Å²) >= 11 is 5.57. The maximum Gasteiger partial charge on any atom is 0.338 e. The summed E-state index contributed by atoms with van der Waals surface area (Å²) in [7, 11) is 0. The van der Waals surface area contributed by atoms with Crippen LogP contribution in [0.25, 0.3) is 0 Å². The van der Waals surface area contributed by atoms with Crippen LogP contribution in [0.15, 0.2) is 35.9 Å². The largest absolute Gasteiger partial charge is 0.488 e. The second kappa shape index (κ2) is 6.30. The molecule has 4 heteroatoms. The molecule has 0 aromatic heterocycles. The maximum absolute atomic E-state index is 11.5. The second-order valence-corrected chi connectivity index (χ2v) is 4.32. The van der Waals surface area contributed by atoms with Crippen molar-refractivity contribution in [2.75, 3.05) is 6.61 Å². The lowest BCUT2D eigenvalue weighted by molar-refractivity contribution is 0.0378. The van der Waals surface area contributed by atoms with Crippen molar-refractivity contribution < 1.29 is 14.3 Å². The van der Waals surface area contributed by atoms with Crippen LogP contribution in [0.5, 0.6) is 5.75 Å². The average molecular weight is 255 g/mol. The molecule has 1 aromatic carbocycles. The molecule has 0 unspecified atom stereocenters. The number of hydrogen-bond donors (Lipinski definition) is 0. The van der Waals surface area contributed by atoms with Gasteiger partial charge in [-0.3, -0.25) is 0 Å². The summed E-state index contributed by atoms with van der Waals surface area (Å²) in [6, 6.07) is 6.68. The average Bonchev–Trinajstić information content (AvgIpc) is 2.26. The summed E-state index contributed by atoms with van der Waals surface area (Å²) in [4.78, 5) is 11.5. The molecule has 92 valence electrons. The molecule has 1 aromatic rings. The molecule has 17 heavy (non-hydrogen) atoms. The molecule has 0 bridgehead atoms. The number of carbonyl (C=O) groups is 1. The van der Waals surface area contributed by atoms with Crippen LogP contribution in [0.4, 0.5) is 0 Å². The zero-order valence-corrected chi connectivity index (χ0v) is 10.7. The van der Waals surface area contributed by atoms with Gasteiger partial charge in [-0.15, -0.1) is 0 Å². The Morgan fingerprint density at radius 1 is 1.35 bits per heavy atom. The van der Waals surface area contributed by atoms with Crippen LogP contribution in [-0.4, -0.2) is 18.7 Å². The normalized spacial score (nSPS) is 10.1. The van der Waals surface area contributed by atoms with Gasteiger partial charge in [0.25, 0.3) is 0 Å². The first kappa shape index (κ1) is 13.6. The van der Waals surface area contributed by atoms with Crippen molar-refractivity contribution >= 4 is 17.6 Å². The van der Waals surface area contributed by atoms with E-state index in [9.17, 15) is 4.79 Å². The second-order valence-electron chi connectivity index (χ2n) is 3.78. The molecule has 0 radical (unpaired) electrons. The highest BCUT2D eigenvalue weighted by Gasteiger charge is 2.08. The minimum atomic E-state index is -0.340. The highest BCUT2D eigenvalue weighted by atomic mass is 35.5. The summed E-state index contributed by atoms with van der Waals surface area (Å²) in [5.74, 6) is 0.293. The van der Waals surface area contributed by atoms with Crippen LogP contribution in [0.2, 0.25) is 0 Å². The SMILES string of the molecule is C=C(Cl)COc1ccc(C(=O)OC(C)C)cc1. The Morgan fingerprint density at radius 2 is 1.94 bits per heavy atom. The van der Waals surface area contributed by atoms with Gasteiger partial charge in [-0.25, -0.2) is 4.79 Å². The molecule has 0 spiro atoms. The molecular weight excluding hydrogens is 240 g/mol. The van der Waals surface area contributed by atoms with Gasteiger partial charge in [0.1, 0.15) is 12.4 Å². The molecule has 0 atom stereocenters. The Kier molecular flexibility index (Phi) is 5.04. The standard InChI is InChI=1S/C13H15ClO3/c1-9(2)17-13(15)11-4-6-12(7-5-11)16-8-10(3)14/h4-7,9H,3,8H2,1-2H3. The predicted molar refractivity (Wildman–Crippen MR) is 67.5 cm³/mol. The number of esters is 1. The zero-order valence-electron chi connectivity index (χ0n) is 9.90. The van der Waals surface area contributed by atoms with Crippen LogP contribution in [0.1, 0.15) is 24.2 Å². The lowest BCUT2D eigenvalue weighted by Crippen LogP contribution is -2.11. The number of ether oxygens (including phenoxy) is 2. The minimum Gasteiger partial charge on any atom is -0.488 e. The first-order chi connectivity index (χ1) is 7.99.